The third-order valence-electron chi connectivity index (χ3n) is 3.36. The molecule has 1 aromatic heterocycles. The second-order valence-corrected chi connectivity index (χ2v) is 7.02. The number of halogens is 1. The van der Waals surface area contributed by atoms with Gasteiger partial charge in [-0.3, -0.25) is 4.68 Å². The average Bonchev–Trinajstić information content (AvgIpc) is 2.67. The normalized spacial score (nSPS) is 12.7. The topological polar surface area (TPSA) is 29.9 Å². The van der Waals surface area contributed by atoms with Crippen molar-refractivity contribution in [2.24, 2.45) is 5.92 Å². The summed E-state index contributed by atoms with van der Waals surface area (Å²) in [7, 11) is 0. The molecular formula is C15H28ClN3. The first-order chi connectivity index (χ1) is 8.75. The quantitative estimate of drug-likeness (QED) is 0.767. The number of hydrogen-bond donors (Lipinski definition) is 1. The molecule has 0 bridgehead atoms. The first-order valence-electron chi connectivity index (χ1n) is 7.20. The summed E-state index contributed by atoms with van der Waals surface area (Å²) < 4.78 is 2.05. The molecule has 19 heavy (non-hydrogen) atoms. The van der Waals surface area contributed by atoms with Gasteiger partial charge in [-0.15, -0.1) is 0 Å². The van der Waals surface area contributed by atoms with Gasteiger partial charge >= 0.3 is 0 Å². The summed E-state index contributed by atoms with van der Waals surface area (Å²) in [5.41, 5.74) is 1.18. The Morgan fingerprint density at radius 1 is 1.32 bits per heavy atom. The lowest BCUT2D eigenvalue weighted by Crippen LogP contribution is -2.30. The van der Waals surface area contributed by atoms with E-state index in [1.807, 2.05) is 4.68 Å². The van der Waals surface area contributed by atoms with Gasteiger partial charge in [-0.2, -0.15) is 5.10 Å². The fourth-order valence-electron chi connectivity index (χ4n) is 2.28. The Kier molecular flexibility index (Phi) is 5.87. The number of rotatable bonds is 7. The average molecular weight is 286 g/mol. The van der Waals surface area contributed by atoms with E-state index in [0.29, 0.717) is 12.0 Å². The number of aromatic nitrogens is 2. The van der Waals surface area contributed by atoms with Crippen LogP contribution in [0, 0.1) is 5.92 Å². The van der Waals surface area contributed by atoms with E-state index in [-0.39, 0.29) is 5.41 Å². The molecule has 0 saturated carbocycles. The second-order valence-electron chi connectivity index (χ2n) is 6.61. The summed E-state index contributed by atoms with van der Waals surface area (Å²) in [5.74, 6) is 0.688. The summed E-state index contributed by atoms with van der Waals surface area (Å²) in [4.78, 5) is 0. The summed E-state index contributed by atoms with van der Waals surface area (Å²) in [6, 6.07) is 0.338. The monoisotopic (exact) mass is 285 g/mol. The van der Waals surface area contributed by atoms with Crippen molar-refractivity contribution in [3.8, 4) is 0 Å². The molecular weight excluding hydrogens is 258 g/mol. The molecule has 0 aliphatic rings. The number of nitrogens with one attached hydrogen (secondary N) is 1. The van der Waals surface area contributed by atoms with E-state index >= 15 is 0 Å². The van der Waals surface area contributed by atoms with Gasteiger partial charge in [0.15, 0.2) is 0 Å². The van der Waals surface area contributed by atoms with Crippen LogP contribution in [0.4, 0.5) is 0 Å². The van der Waals surface area contributed by atoms with Gasteiger partial charge in [0.05, 0.1) is 16.9 Å². The Bertz CT molecular complexity index is 394. The summed E-state index contributed by atoms with van der Waals surface area (Å²) in [6.07, 6.45) is 2.82. The van der Waals surface area contributed by atoms with Crippen molar-refractivity contribution < 1.29 is 0 Å². The van der Waals surface area contributed by atoms with E-state index in [0.717, 1.165) is 30.2 Å². The summed E-state index contributed by atoms with van der Waals surface area (Å²) in [6.45, 7) is 15.3. The maximum Gasteiger partial charge on any atom is 0.0823 e. The van der Waals surface area contributed by atoms with E-state index in [2.05, 4.69) is 52.0 Å². The van der Waals surface area contributed by atoms with Crippen LogP contribution in [0.3, 0.4) is 0 Å². The number of nitrogens with zero attached hydrogens (tertiary/aromatic N) is 2. The van der Waals surface area contributed by atoms with Crippen LogP contribution in [0.25, 0.3) is 0 Å². The summed E-state index contributed by atoms with van der Waals surface area (Å²) in [5, 5.41) is 8.68. The Morgan fingerprint density at radius 2 is 1.95 bits per heavy atom. The molecule has 0 aliphatic heterocycles. The first kappa shape index (κ1) is 16.5. The zero-order chi connectivity index (χ0) is 14.6. The highest BCUT2D eigenvalue weighted by Crippen LogP contribution is 2.33. The number of hydrogen-bond acceptors (Lipinski definition) is 2. The van der Waals surface area contributed by atoms with E-state index in [4.69, 9.17) is 11.6 Å². The van der Waals surface area contributed by atoms with E-state index in [1.54, 1.807) is 6.20 Å². The minimum Gasteiger partial charge on any atom is -0.316 e. The molecule has 1 aromatic rings. The molecule has 110 valence electrons. The Labute approximate surface area is 122 Å². The van der Waals surface area contributed by atoms with Gasteiger partial charge in [-0.25, -0.2) is 0 Å². The van der Waals surface area contributed by atoms with Gasteiger partial charge in [0, 0.05) is 11.5 Å². The van der Waals surface area contributed by atoms with E-state index in [9.17, 15) is 0 Å². The van der Waals surface area contributed by atoms with Crippen LogP contribution in [0.5, 0.6) is 0 Å². The third kappa shape index (κ3) is 4.50. The van der Waals surface area contributed by atoms with Crippen molar-refractivity contribution in [2.45, 2.75) is 59.4 Å². The van der Waals surface area contributed by atoms with Crippen molar-refractivity contribution >= 4 is 11.6 Å². The molecule has 0 saturated heterocycles. The molecule has 3 nitrogen and oxygen atoms in total. The van der Waals surface area contributed by atoms with Crippen LogP contribution >= 0.6 is 11.6 Å². The van der Waals surface area contributed by atoms with Crippen molar-refractivity contribution in [3.05, 3.63) is 16.9 Å². The molecule has 0 atom stereocenters. The van der Waals surface area contributed by atoms with Crippen LogP contribution in [0.15, 0.2) is 6.20 Å². The minimum atomic E-state index is 0.0296. The van der Waals surface area contributed by atoms with Gasteiger partial charge in [0.25, 0.3) is 0 Å². The van der Waals surface area contributed by atoms with Gasteiger partial charge in [-0.1, -0.05) is 39.3 Å². The van der Waals surface area contributed by atoms with Crippen LogP contribution in [-0.4, -0.2) is 22.9 Å². The smallest absolute Gasteiger partial charge is 0.0823 e. The molecule has 0 amide bonds. The Morgan fingerprint density at radius 3 is 2.47 bits per heavy atom. The lowest BCUT2D eigenvalue weighted by molar-refractivity contribution is 0.389. The molecule has 0 unspecified atom stereocenters. The molecule has 1 heterocycles. The van der Waals surface area contributed by atoms with Crippen LogP contribution in [0.2, 0.25) is 5.02 Å². The highest BCUT2D eigenvalue weighted by molar-refractivity contribution is 6.31. The van der Waals surface area contributed by atoms with Crippen molar-refractivity contribution in [3.63, 3.8) is 0 Å². The van der Waals surface area contributed by atoms with Crippen LogP contribution in [-0.2, 0) is 5.41 Å². The molecule has 0 aliphatic carbocycles. The lowest BCUT2D eigenvalue weighted by Gasteiger charge is -2.28. The maximum absolute atomic E-state index is 6.33. The van der Waals surface area contributed by atoms with Crippen LogP contribution in [0.1, 0.15) is 59.7 Å². The molecule has 0 spiro atoms. The largest absolute Gasteiger partial charge is 0.316 e. The highest BCUT2D eigenvalue weighted by atomic mass is 35.5. The molecule has 0 aromatic carbocycles. The fraction of sp³-hybridized carbons (Fsp3) is 0.800. The molecule has 4 heteroatoms. The van der Waals surface area contributed by atoms with E-state index in [1.165, 1.54) is 0 Å². The zero-order valence-corrected chi connectivity index (χ0v) is 13.9. The van der Waals surface area contributed by atoms with Crippen LogP contribution < -0.4 is 5.32 Å². The third-order valence-corrected chi connectivity index (χ3v) is 3.64. The predicted octanol–water partition coefficient (Wildman–Crippen LogP) is 4.03. The Balaban J connectivity index is 2.73. The molecule has 0 radical (unpaired) electrons. The predicted molar refractivity (Wildman–Crippen MR) is 83.0 cm³/mol. The maximum atomic E-state index is 6.33. The van der Waals surface area contributed by atoms with Gasteiger partial charge < -0.3 is 5.32 Å². The molecule has 1 rings (SSSR count). The first-order valence-corrected chi connectivity index (χ1v) is 7.57. The summed E-state index contributed by atoms with van der Waals surface area (Å²) >= 11 is 6.33. The van der Waals surface area contributed by atoms with Gasteiger partial charge in [-0.05, 0) is 39.3 Å². The van der Waals surface area contributed by atoms with Crippen molar-refractivity contribution in [2.75, 3.05) is 13.1 Å². The highest BCUT2D eigenvalue weighted by Gasteiger charge is 2.28. The zero-order valence-electron chi connectivity index (χ0n) is 13.1. The SMILES string of the molecule is CC(C)CNCCC(C)(C)c1c(Cl)cnn1C(C)C. The molecule has 1 N–H and O–H groups in total. The van der Waals surface area contributed by atoms with Gasteiger partial charge in [0.1, 0.15) is 0 Å². The van der Waals surface area contributed by atoms with Crippen molar-refractivity contribution in [1.29, 1.82) is 0 Å². The fourth-order valence-corrected chi connectivity index (χ4v) is 2.66. The lowest BCUT2D eigenvalue weighted by atomic mass is 9.85. The molecule has 0 fully saturated rings. The van der Waals surface area contributed by atoms with Crippen molar-refractivity contribution in [1.82, 2.24) is 15.1 Å². The minimum absolute atomic E-state index is 0.0296. The Hall–Kier alpha value is -0.540. The second kappa shape index (κ2) is 6.76. The van der Waals surface area contributed by atoms with Gasteiger partial charge in [0.2, 0.25) is 0 Å². The standard InChI is InChI=1S/C15H28ClN3/c1-11(2)9-17-8-7-15(5,6)14-13(16)10-18-19(14)12(3)4/h10-12,17H,7-9H2,1-6H3. The van der Waals surface area contributed by atoms with E-state index < -0.39 is 0 Å².